The van der Waals surface area contributed by atoms with Gasteiger partial charge in [-0.2, -0.15) is 5.10 Å². The van der Waals surface area contributed by atoms with Crippen molar-refractivity contribution in [1.82, 2.24) is 25.2 Å². The molecule has 0 aliphatic carbocycles. The van der Waals surface area contributed by atoms with Crippen LogP contribution in [-0.2, 0) is 27.3 Å². The molecule has 1 atom stereocenters. The normalized spacial score (nSPS) is 22.2. The molecule has 0 bridgehead atoms. The Morgan fingerprint density at radius 1 is 1.22 bits per heavy atom. The highest BCUT2D eigenvalue weighted by Crippen LogP contribution is 2.30. The van der Waals surface area contributed by atoms with E-state index in [4.69, 9.17) is 4.98 Å². The number of rotatable bonds is 2. The summed E-state index contributed by atoms with van der Waals surface area (Å²) in [6.07, 6.45) is 4.92. The number of carbonyl (C=O) groups excluding carboxylic acids is 3. The number of nitrogens with zero attached hydrogens (tertiary/aromatic N) is 5. The van der Waals surface area contributed by atoms with E-state index in [-0.39, 0.29) is 30.2 Å². The first kappa shape index (κ1) is 17.6. The first-order valence-electron chi connectivity index (χ1n) is 9.29. The van der Waals surface area contributed by atoms with Crippen LogP contribution in [-0.4, -0.2) is 56.3 Å². The highest BCUT2D eigenvalue weighted by molar-refractivity contribution is 6.39. The standard InChI is InChI=1S/C18H22N6O3/c1-11(25)24-7-2-3-15(24)17-19-9-12-10-23(8-6-13(12)20-17)18(27)14-4-5-16(26)22-21-14/h9,15H,2-8,10H2,1H3,(H,22,26)/t15-/m0/s1. The van der Waals surface area contributed by atoms with Gasteiger partial charge in [0.1, 0.15) is 5.71 Å². The van der Waals surface area contributed by atoms with Crippen LogP contribution in [0.4, 0.5) is 0 Å². The summed E-state index contributed by atoms with van der Waals surface area (Å²) in [5.41, 5.74) is 4.62. The van der Waals surface area contributed by atoms with Crippen molar-refractivity contribution in [3.63, 3.8) is 0 Å². The fraction of sp³-hybridized carbons (Fsp3) is 0.556. The van der Waals surface area contributed by atoms with Crippen LogP contribution in [0.2, 0.25) is 0 Å². The van der Waals surface area contributed by atoms with Gasteiger partial charge in [0.15, 0.2) is 5.82 Å². The van der Waals surface area contributed by atoms with Gasteiger partial charge in [-0.1, -0.05) is 0 Å². The second-order valence-electron chi connectivity index (χ2n) is 7.14. The molecule has 3 amide bonds. The molecule has 0 aromatic carbocycles. The van der Waals surface area contributed by atoms with Gasteiger partial charge in [-0.3, -0.25) is 14.4 Å². The van der Waals surface area contributed by atoms with Gasteiger partial charge in [0.25, 0.3) is 5.91 Å². The summed E-state index contributed by atoms with van der Waals surface area (Å²) in [4.78, 5) is 48.4. The first-order chi connectivity index (χ1) is 13.0. The fourth-order valence-electron chi connectivity index (χ4n) is 3.89. The van der Waals surface area contributed by atoms with Crippen molar-refractivity contribution in [1.29, 1.82) is 0 Å². The van der Waals surface area contributed by atoms with Crippen molar-refractivity contribution in [2.75, 3.05) is 13.1 Å². The molecule has 0 saturated carbocycles. The summed E-state index contributed by atoms with van der Waals surface area (Å²) in [5, 5.41) is 3.89. The molecule has 142 valence electrons. The van der Waals surface area contributed by atoms with Gasteiger partial charge in [-0.05, 0) is 12.8 Å². The molecule has 1 fully saturated rings. The molecule has 3 aliphatic rings. The number of hydrazone groups is 1. The Bertz CT molecular complexity index is 836. The molecule has 1 N–H and O–H groups in total. The Kier molecular flexibility index (Phi) is 4.59. The molecule has 4 rings (SSSR count). The van der Waals surface area contributed by atoms with Gasteiger partial charge >= 0.3 is 0 Å². The number of amides is 3. The van der Waals surface area contributed by atoms with Crippen molar-refractivity contribution in [3.8, 4) is 0 Å². The van der Waals surface area contributed by atoms with Gasteiger partial charge < -0.3 is 9.80 Å². The number of aromatic nitrogens is 2. The Morgan fingerprint density at radius 3 is 2.81 bits per heavy atom. The molecule has 1 saturated heterocycles. The second kappa shape index (κ2) is 7.05. The zero-order valence-electron chi connectivity index (χ0n) is 15.3. The van der Waals surface area contributed by atoms with E-state index in [2.05, 4.69) is 15.5 Å². The van der Waals surface area contributed by atoms with E-state index in [9.17, 15) is 14.4 Å². The molecule has 0 radical (unpaired) electrons. The van der Waals surface area contributed by atoms with E-state index in [1.165, 1.54) is 0 Å². The minimum Gasteiger partial charge on any atom is -0.333 e. The van der Waals surface area contributed by atoms with Crippen molar-refractivity contribution in [3.05, 3.63) is 23.3 Å². The lowest BCUT2D eigenvalue weighted by atomic mass is 10.0. The van der Waals surface area contributed by atoms with E-state index in [0.717, 1.165) is 30.6 Å². The van der Waals surface area contributed by atoms with Gasteiger partial charge in [0, 0.05) is 57.6 Å². The maximum absolute atomic E-state index is 12.6. The summed E-state index contributed by atoms with van der Waals surface area (Å²) in [7, 11) is 0. The van der Waals surface area contributed by atoms with E-state index in [0.29, 0.717) is 37.5 Å². The predicted octanol–water partition coefficient (Wildman–Crippen LogP) is 0.311. The molecular weight excluding hydrogens is 348 g/mol. The van der Waals surface area contributed by atoms with Crippen molar-refractivity contribution >= 4 is 23.4 Å². The molecule has 0 unspecified atom stereocenters. The van der Waals surface area contributed by atoms with Gasteiger partial charge in [0.2, 0.25) is 11.8 Å². The zero-order valence-corrected chi connectivity index (χ0v) is 15.3. The maximum Gasteiger partial charge on any atom is 0.270 e. The quantitative estimate of drug-likeness (QED) is 0.806. The third-order valence-electron chi connectivity index (χ3n) is 5.35. The van der Waals surface area contributed by atoms with Crippen LogP contribution in [0.3, 0.4) is 0 Å². The predicted molar refractivity (Wildman–Crippen MR) is 95.3 cm³/mol. The first-order valence-corrected chi connectivity index (χ1v) is 9.29. The molecule has 9 nitrogen and oxygen atoms in total. The maximum atomic E-state index is 12.6. The number of fused-ring (bicyclic) bond motifs is 1. The third-order valence-corrected chi connectivity index (χ3v) is 5.35. The zero-order chi connectivity index (χ0) is 19.0. The summed E-state index contributed by atoms with van der Waals surface area (Å²) in [6, 6.07) is -0.0485. The lowest BCUT2D eigenvalue weighted by molar-refractivity contribution is -0.130. The van der Waals surface area contributed by atoms with Crippen molar-refractivity contribution < 1.29 is 14.4 Å². The Hall–Kier alpha value is -2.84. The highest BCUT2D eigenvalue weighted by Gasteiger charge is 2.32. The van der Waals surface area contributed by atoms with E-state index >= 15 is 0 Å². The minimum absolute atomic E-state index is 0.0485. The number of carbonyl (C=O) groups is 3. The summed E-state index contributed by atoms with van der Waals surface area (Å²) in [6.45, 7) is 3.32. The molecule has 1 aromatic rings. The number of nitrogens with one attached hydrogen (secondary N) is 1. The minimum atomic E-state index is -0.164. The Morgan fingerprint density at radius 2 is 2.07 bits per heavy atom. The van der Waals surface area contributed by atoms with Gasteiger partial charge in [-0.25, -0.2) is 15.4 Å². The number of hydrogen-bond acceptors (Lipinski definition) is 6. The molecule has 3 aliphatic heterocycles. The largest absolute Gasteiger partial charge is 0.333 e. The van der Waals surface area contributed by atoms with Crippen LogP contribution < -0.4 is 5.43 Å². The van der Waals surface area contributed by atoms with Crippen molar-refractivity contribution in [2.45, 2.75) is 51.6 Å². The van der Waals surface area contributed by atoms with Gasteiger partial charge in [-0.15, -0.1) is 0 Å². The summed E-state index contributed by atoms with van der Waals surface area (Å²) >= 11 is 0. The number of likely N-dealkylation sites (tertiary alicyclic amines) is 1. The second-order valence-corrected chi connectivity index (χ2v) is 7.14. The van der Waals surface area contributed by atoms with Crippen LogP contribution in [0.15, 0.2) is 11.3 Å². The smallest absolute Gasteiger partial charge is 0.270 e. The van der Waals surface area contributed by atoms with E-state index in [1.807, 2.05) is 4.90 Å². The molecule has 0 spiro atoms. The Labute approximate surface area is 156 Å². The fourth-order valence-corrected chi connectivity index (χ4v) is 3.89. The SMILES string of the molecule is CC(=O)N1CCC[C@H]1c1ncc2c(n1)CCN(C(=O)C1=NNC(=O)CC1)C2. The third kappa shape index (κ3) is 3.41. The van der Waals surface area contributed by atoms with Crippen molar-refractivity contribution in [2.24, 2.45) is 5.10 Å². The van der Waals surface area contributed by atoms with Crippen LogP contribution in [0.5, 0.6) is 0 Å². The van der Waals surface area contributed by atoms with Crippen LogP contribution >= 0.6 is 0 Å². The highest BCUT2D eigenvalue weighted by atomic mass is 16.2. The van der Waals surface area contributed by atoms with Crippen LogP contribution in [0, 0.1) is 0 Å². The Balaban J connectivity index is 1.49. The van der Waals surface area contributed by atoms with E-state index < -0.39 is 0 Å². The number of hydrogen-bond donors (Lipinski definition) is 1. The van der Waals surface area contributed by atoms with E-state index in [1.54, 1.807) is 18.0 Å². The molecular formula is C18H22N6O3. The average molecular weight is 370 g/mol. The molecule has 27 heavy (non-hydrogen) atoms. The lowest BCUT2D eigenvalue weighted by Gasteiger charge is -2.30. The lowest BCUT2D eigenvalue weighted by Crippen LogP contribution is -2.43. The molecule has 4 heterocycles. The molecule has 9 heteroatoms. The summed E-state index contributed by atoms with van der Waals surface area (Å²) in [5.74, 6) is 0.433. The van der Waals surface area contributed by atoms with Crippen LogP contribution in [0.1, 0.15) is 55.7 Å². The molecule has 1 aromatic heterocycles. The topological polar surface area (TPSA) is 108 Å². The average Bonchev–Trinajstić information content (AvgIpc) is 3.17. The monoisotopic (exact) mass is 370 g/mol. The van der Waals surface area contributed by atoms with Gasteiger partial charge in [0.05, 0.1) is 11.7 Å². The van der Waals surface area contributed by atoms with Crippen LogP contribution in [0.25, 0.3) is 0 Å². The summed E-state index contributed by atoms with van der Waals surface area (Å²) < 4.78 is 0.